The maximum Gasteiger partial charge on any atom is 0.203 e. The molecule has 0 bridgehead atoms. The van der Waals surface area contributed by atoms with Gasteiger partial charge in [0.15, 0.2) is 11.5 Å². The van der Waals surface area contributed by atoms with E-state index < -0.39 is 0 Å². The third-order valence-electron chi connectivity index (χ3n) is 4.77. The minimum absolute atomic E-state index is 0.561. The number of rotatable bonds is 9. The molecule has 0 fully saturated rings. The van der Waals surface area contributed by atoms with Crippen LogP contribution in [0.4, 0.5) is 5.69 Å². The average Bonchev–Trinajstić information content (AvgIpc) is 3.16. The van der Waals surface area contributed by atoms with Gasteiger partial charge in [0, 0.05) is 43.4 Å². The Morgan fingerprint density at radius 1 is 1.07 bits per heavy atom. The van der Waals surface area contributed by atoms with E-state index in [0.29, 0.717) is 48.8 Å². The van der Waals surface area contributed by atoms with Crippen LogP contribution < -0.4 is 19.5 Å². The second kappa shape index (κ2) is 9.30. The Labute approximate surface area is 170 Å². The molecule has 2 aromatic rings. The molecule has 0 saturated carbocycles. The molecular weight excluding hydrogens is 370 g/mol. The van der Waals surface area contributed by atoms with Crippen molar-refractivity contribution < 1.29 is 18.9 Å². The first-order valence-electron chi connectivity index (χ1n) is 9.30. The fourth-order valence-electron chi connectivity index (χ4n) is 3.47. The Balaban J connectivity index is 1.96. The quantitative estimate of drug-likeness (QED) is 0.653. The molecule has 1 N–H and O–H groups in total. The predicted octanol–water partition coefficient (Wildman–Crippen LogP) is 3.22. The molecule has 7 heteroatoms. The van der Waals surface area contributed by atoms with Crippen LogP contribution in [0.1, 0.15) is 22.5 Å². The molecule has 0 aliphatic heterocycles. The molecule has 0 radical (unpaired) electrons. The predicted molar refractivity (Wildman–Crippen MR) is 111 cm³/mol. The van der Waals surface area contributed by atoms with Crippen molar-refractivity contribution in [3.05, 3.63) is 46.8 Å². The zero-order valence-electron chi connectivity index (χ0n) is 17.2. The molecule has 152 valence electrons. The maximum atomic E-state index is 9.44. The first-order chi connectivity index (χ1) is 14.1. The third-order valence-corrected chi connectivity index (χ3v) is 4.77. The highest BCUT2D eigenvalue weighted by Crippen LogP contribution is 2.39. The fourth-order valence-corrected chi connectivity index (χ4v) is 3.47. The maximum absolute atomic E-state index is 9.44. The number of methoxy groups -OCH3 is 4. The first-order valence-corrected chi connectivity index (χ1v) is 9.30. The number of hydrogen-bond donors (Lipinski definition) is 1. The molecule has 1 aliphatic carbocycles. The zero-order chi connectivity index (χ0) is 20.8. The van der Waals surface area contributed by atoms with Crippen LogP contribution in [-0.2, 0) is 17.6 Å². The smallest absolute Gasteiger partial charge is 0.203 e. The van der Waals surface area contributed by atoms with Crippen LogP contribution in [-0.4, -0.2) is 46.6 Å². The van der Waals surface area contributed by atoms with Gasteiger partial charge in [-0.2, -0.15) is 5.26 Å². The molecule has 0 amide bonds. The monoisotopic (exact) mass is 395 g/mol. The van der Waals surface area contributed by atoms with E-state index in [1.165, 1.54) is 0 Å². The average molecular weight is 395 g/mol. The number of anilines is 1. The molecule has 0 atom stereocenters. The van der Waals surface area contributed by atoms with Gasteiger partial charge in [-0.15, -0.1) is 0 Å². The molecule has 29 heavy (non-hydrogen) atoms. The fraction of sp³-hybridized carbons (Fsp3) is 0.364. The van der Waals surface area contributed by atoms with Gasteiger partial charge in [0.2, 0.25) is 5.75 Å². The molecule has 0 spiro atoms. The number of nitriles is 1. The molecule has 1 heterocycles. The molecule has 0 saturated heterocycles. The summed E-state index contributed by atoms with van der Waals surface area (Å²) < 4.78 is 21.4. The van der Waals surface area contributed by atoms with Crippen molar-refractivity contribution in [3.8, 4) is 23.3 Å². The van der Waals surface area contributed by atoms with Crippen LogP contribution in [0.2, 0.25) is 0 Å². The molecular formula is C22H25N3O4. The summed E-state index contributed by atoms with van der Waals surface area (Å²) in [6, 6.07) is 8.11. The Morgan fingerprint density at radius 3 is 2.38 bits per heavy atom. The van der Waals surface area contributed by atoms with Crippen molar-refractivity contribution in [2.24, 2.45) is 0 Å². The Hall–Kier alpha value is -3.24. The lowest BCUT2D eigenvalue weighted by Crippen LogP contribution is -2.11. The summed E-state index contributed by atoms with van der Waals surface area (Å²) in [5, 5.41) is 12.8. The Bertz CT molecular complexity index is 938. The van der Waals surface area contributed by atoms with Gasteiger partial charge in [-0.3, -0.25) is 4.98 Å². The van der Waals surface area contributed by atoms with Gasteiger partial charge in [-0.1, -0.05) is 6.08 Å². The summed E-state index contributed by atoms with van der Waals surface area (Å²) in [4.78, 5) is 4.80. The molecule has 1 aromatic heterocycles. The second-order valence-electron chi connectivity index (χ2n) is 6.55. The number of nitrogens with zero attached hydrogens (tertiary/aromatic N) is 2. The summed E-state index contributed by atoms with van der Waals surface area (Å²) in [5.41, 5.74) is 5.24. The van der Waals surface area contributed by atoms with Crippen LogP contribution in [0.5, 0.6) is 17.2 Å². The van der Waals surface area contributed by atoms with E-state index in [0.717, 1.165) is 28.2 Å². The summed E-state index contributed by atoms with van der Waals surface area (Å²) >= 11 is 0. The van der Waals surface area contributed by atoms with E-state index in [1.54, 1.807) is 28.4 Å². The molecule has 3 rings (SSSR count). The van der Waals surface area contributed by atoms with Crippen molar-refractivity contribution in [1.29, 1.82) is 5.26 Å². The van der Waals surface area contributed by atoms with Crippen molar-refractivity contribution in [3.63, 3.8) is 0 Å². The molecule has 1 aliphatic rings. The van der Waals surface area contributed by atoms with E-state index in [2.05, 4.69) is 11.4 Å². The summed E-state index contributed by atoms with van der Waals surface area (Å²) in [6.07, 6.45) is 3.16. The summed E-state index contributed by atoms with van der Waals surface area (Å²) in [5.74, 6) is 1.77. The second-order valence-corrected chi connectivity index (χ2v) is 6.55. The van der Waals surface area contributed by atoms with E-state index in [1.807, 2.05) is 24.3 Å². The van der Waals surface area contributed by atoms with Gasteiger partial charge in [-0.05, 0) is 23.8 Å². The molecule has 1 aromatic carbocycles. The lowest BCUT2D eigenvalue weighted by Gasteiger charge is -2.16. The summed E-state index contributed by atoms with van der Waals surface area (Å²) in [7, 11) is 6.44. The van der Waals surface area contributed by atoms with Crippen molar-refractivity contribution in [1.82, 2.24) is 4.98 Å². The van der Waals surface area contributed by atoms with Crippen molar-refractivity contribution in [2.45, 2.75) is 12.8 Å². The number of nitrogens with one attached hydrogen (secondary N) is 1. The highest BCUT2D eigenvalue weighted by molar-refractivity contribution is 5.88. The van der Waals surface area contributed by atoms with E-state index in [-0.39, 0.29) is 0 Å². The minimum Gasteiger partial charge on any atom is -0.493 e. The van der Waals surface area contributed by atoms with Gasteiger partial charge < -0.3 is 24.3 Å². The SMILES string of the molecule is COCCNc1cc(Cc2cc(OC)c(OC)c(OC)c2)nc2c1C(C#N)=CC2. The number of pyridine rings is 1. The largest absolute Gasteiger partial charge is 0.493 e. The third kappa shape index (κ3) is 4.28. The number of benzene rings is 1. The number of hydrogen-bond acceptors (Lipinski definition) is 7. The van der Waals surface area contributed by atoms with Gasteiger partial charge in [0.1, 0.15) is 0 Å². The van der Waals surface area contributed by atoms with Crippen LogP contribution >= 0.6 is 0 Å². The van der Waals surface area contributed by atoms with Crippen molar-refractivity contribution >= 4 is 11.3 Å². The van der Waals surface area contributed by atoms with Gasteiger partial charge in [0.05, 0.1) is 45.3 Å². The zero-order valence-corrected chi connectivity index (χ0v) is 17.2. The topological polar surface area (TPSA) is 85.6 Å². The molecule has 0 unspecified atom stereocenters. The number of aromatic nitrogens is 1. The van der Waals surface area contributed by atoms with Crippen LogP contribution in [0, 0.1) is 11.3 Å². The van der Waals surface area contributed by atoms with Crippen LogP contribution in [0.25, 0.3) is 5.57 Å². The Kier molecular flexibility index (Phi) is 6.57. The summed E-state index contributed by atoms with van der Waals surface area (Å²) in [6.45, 7) is 1.22. The number of ether oxygens (including phenoxy) is 4. The molecule has 7 nitrogen and oxygen atoms in total. The first kappa shape index (κ1) is 20.5. The number of fused-ring (bicyclic) bond motifs is 1. The van der Waals surface area contributed by atoms with Gasteiger partial charge in [0.25, 0.3) is 0 Å². The van der Waals surface area contributed by atoms with E-state index in [4.69, 9.17) is 23.9 Å². The van der Waals surface area contributed by atoms with E-state index in [9.17, 15) is 5.26 Å². The van der Waals surface area contributed by atoms with E-state index >= 15 is 0 Å². The lowest BCUT2D eigenvalue weighted by atomic mass is 10.0. The normalized spacial score (nSPS) is 12.0. The standard InChI is InChI=1S/C22H25N3O4/c1-26-8-7-24-18-12-16(25-17-6-5-15(13-23)21(17)18)9-14-10-19(27-2)22(29-4)20(11-14)28-3/h5,10-12H,6-9H2,1-4H3,(H,24,25). The van der Waals surface area contributed by atoms with Gasteiger partial charge in [-0.25, -0.2) is 0 Å². The minimum atomic E-state index is 0.561. The number of allylic oxidation sites excluding steroid dienone is 2. The highest BCUT2D eigenvalue weighted by atomic mass is 16.5. The highest BCUT2D eigenvalue weighted by Gasteiger charge is 2.21. The Morgan fingerprint density at radius 2 is 1.79 bits per heavy atom. The van der Waals surface area contributed by atoms with Crippen LogP contribution in [0.3, 0.4) is 0 Å². The van der Waals surface area contributed by atoms with Gasteiger partial charge >= 0.3 is 0 Å². The van der Waals surface area contributed by atoms with Crippen LogP contribution in [0.15, 0.2) is 24.3 Å². The van der Waals surface area contributed by atoms with Crippen molar-refractivity contribution in [2.75, 3.05) is 46.9 Å². The lowest BCUT2D eigenvalue weighted by molar-refractivity contribution is 0.211.